The molecule has 0 heterocycles. The van der Waals surface area contributed by atoms with Crippen molar-refractivity contribution in [2.24, 2.45) is 22.9 Å². The maximum atomic E-state index is 12.4. The molecule has 0 rings (SSSR count). The van der Waals surface area contributed by atoms with Crippen molar-refractivity contribution in [2.45, 2.75) is 37.4 Å². The molecule has 0 fully saturated rings. The Labute approximate surface area is 253 Å². The normalized spacial score (nSPS) is 12.1. The van der Waals surface area contributed by atoms with E-state index in [1.54, 1.807) is 0 Å². The van der Waals surface area contributed by atoms with E-state index in [0.29, 0.717) is 0 Å². The van der Waals surface area contributed by atoms with Crippen molar-refractivity contribution in [2.75, 3.05) is 32.7 Å². The number of hydrogen-bond acceptors (Lipinski definition) is 12. The molecule has 0 radical (unpaired) electrons. The number of amides is 10. The van der Waals surface area contributed by atoms with Crippen LogP contribution in [0.5, 0.6) is 0 Å². The van der Waals surface area contributed by atoms with Gasteiger partial charge in [-0.15, -0.1) is 0 Å². The van der Waals surface area contributed by atoms with Gasteiger partial charge in [0.25, 0.3) is 0 Å². The van der Waals surface area contributed by atoms with Gasteiger partial charge in [0.2, 0.25) is 59.1 Å². The number of nitrogens with one attached hydrogen (secondary N) is 7. The predicted octanol–water partition coefficient (Wildman–Crippen LogP) is -9.42. The average molecular weight is 646 g/mol. The van der Waals surface area contributed by atoms with Crippen LogP contribution in [-0.2, 0) is 52.7 Å². The minimum Gasteiger partial charge on any atom is -0.480 e. The number of primary amides is 3. The second kappa shape index (κ2) is 20.1. The first-order valence-corrected chi connectivity index (χ1v) is 12.7. The average Bonchev–Trinajstić information content (AvgIpc) is 2.93. The third kappa shape index (κ3) is 19.0. The maximum absolute atomic E-state index is 12.4. The molecule has 0 spiro atoms. The van der Waals surface area contributed by atoms with Crippen LogP contribution in [0.2, 0.25) is 0 Å². The Balaban J connectivity index is 4.79. The topological polar surface area (TPSA) is 396 Å². The van der Waals surface area contributed by atoms with Crippen molar-refractivity contribution in [3.05, 3.63) is 0 Å². The molecule has 23 heteroatoms. The molecular weight excluding hydrogens is 610 g/mol. The number of aliphatic carboxylic acids is 1. The van der Waals surface area contributed by atoms with Crippen molar-refractivity contribution in [3.8, 4) is 0 Å². The summed E-state index contributed by atoms with van der Waals surface area (Å²) in [5.41, 5.74) is 20.4. The van der Waals surface area contributed by atoms with Gasteiger partial charge in [-0.2, -0.15) is 0 Å². The SMILES string of the molecule is NC(=O)C[C@H](NC(=O)CNC(=O)CNC(=O)[C@H](CC(N)=O)NC(=O)CNC(=O)CNC(=O)[C@@H](N)CC(N)=O)C(=O)NCC(=O)O. The third-order valence-corrected chi connectivity index (χ3v) is 5.02. The van der Waals surface area contributed by atoms with Crippen molar-refractivity contribution in [1.82, 2.24) is 37.2 Å². The lowest BCUT2D eigenvalue weighted by molar-refractivity contribution is -0.138. The van der Waals surface area contributed by atoms with Gasteiger partial charge < -0.3 is 65.3 Å². The lowest BCUT2D eigenvalue weighted by atomic mass is 10.1. The van der Waals surface area contributed by atoms with E-state index in [2.05, 4.69) is 31.9 Å². The molecule has 250 valence electrons. The number of hydrogen-bond donors (Lipinski definition) is 12. The van der Waals surface area contributed by atoms with E-state index in [1.807, 2.05) is 5.32 Å². The summed E-state index contributed by atoms with van der Waals surface area (Å²) in [6.07, 6.45) is -1.86. The molecule has 45 heavy (non-hydrogen) atoms. The smallest absolute Gasteiger partial charge is 0.322 e. The van der Waals surface area contributed by atoms with Gasteiger partial charge in [0, 0.05) is 0 Å². The lowest BCUT2D eigenvalue weighted by Gasteiger charge is -2.18. The molecule has 0 aliphatic carbocycles. The van der Waals surface area contributed by atoms with E-state index in [4.69, 9.17) is 28.0 Å². The third-order valence-electron chi connectivity index (χ3n) is 5.02. The molecule has 0 saturated heterocycles. The van der Waals surface area contributed by atoms with Crippen LogP contribution >= 0.6 is 0 Å². The summed E-state index contributed by atoms with van der Waals surface area (Å²) in [5.74, 6) is -11.0. The number of nitrogens with two attached hydrogens (primary N) is 4. The van der Waals surface area contributed by atoms with Crippen LogP contribution in [0.15, 0.2) is 0 Å². The van der Waals surface area contributed by atoms with E-state index >= 15 is 0 Å². The molecule has 0 aliphatic heterocycles. The summed E-state index contributed by atoms with van der Waals surface area (Å²) in [7, 11) is 0. The molecule has 0 saturated carbocycles. The van der Waals surface area contributed by atoms with E-state index in [-0.39, 0.29) is 0 Å². The fourth-order valence-electron chi connectivity index (χ4n) is 2.98. The zero-order valence-corrected chi connectivity index (χ0v) is 23.6. The summed E-state index contributed by atoms with van der Waals surface area (Å²) in [6.45, 7) is -3.67. The van der Waals surface area contributed by atoms with Crippen LogP contribution in [-0.4, -0.2) is 121 Å². The molecule has 0 aliphatic rings. The highest BCUT2D eigenvalue weighted by Gasteiger charge is 2.25. The Morgan fingerprint density at radius 2 is 0.800 bits per heavy atom. The van der Waals surface area contributed by atoms with E-state index in [9.17, 15) is 52.7 Å². The minimum atomic E-state index is -1.59. The number of carbonyl (C=O) groups is 11. The quantitative estimate of drug-likeness (QED) is 0.0552. The fourth-order valence-corrected chi connectivity index (χ4v) is 2.98. The van der Waals surface area contributed by atoms with Crippen molar-refractivity contribution in [3.63, 3.8) is 0 Å². The Kier molecular flexibility index (Phi) is 17.5. The Morgan fingerprint density at radius 3 is 1.16 bits per heavy atom. The molecule has 0 aromatic carbocycles. The highest BCUT2D eigenvalue weighted by atomic mass is 16.4. The van der Waals surface area contributed by atoms with Crippen LogP contribution in [0.3, 0.4) is 0 Å². The molecule has 23 nitrogen and oxygen atoms in total. The molecule has 0 aromatic heterocycles. The van der Waals surface area contributed by atoms with Gasteiger partial charge in [-0.05, 0) is 0 Å². The monoisotopic (exact) mass is 645 g/mol. The summed E-state index contributed by atoms with van der Waals surface area (Å²) >= 11 is 0. The molecular formula is C22H35N11O12. The van der Waals surface area contributed by atoms with Gasteiger partial charge in [-0.3, -0.25) is 52.7 Å². The highest BCUT2D eigenvalue weighted by molar-refractivity contribution is 5.97. The summed E-state index contributed by atoms with van der Waals surface area (Å²) in [4.78, 5) is 128. The van der Waals surface area contributed by atoms with Crippen LogP contribution in [0.1, 0.15) is 19.3 Å². The standard InChI is InChI=1S/C22H35N11O12/c23-9(1-12(24)34)20(43)29-4-15(37)27-6-17(39)32-10(2-13(25)35)21(44)30-5-16(38)28-7-18(40)33-11(3-14(26)36)22(45)31-8-19(41)42/h9-11H,1-8,23H2,(H2,24,34)(H2,25,35)(H2,26,36)(H,27,37)(H,28,38)(H,29,43)(H,30,44)(H,31,45)(H,32,39)(H,33,40)(H,41,42)/t9-,10-,11-/m0/s1. The highest BCUT2D eigenvalue weighted by Crippen LogP contribution is 1.94. The molecule has 16 N–H and O–H groups in total. The van der Waals surface area contributed by atoms with Crippen molar-refractivity contribution < 1.29 is 57.8 Å². The van der Waals surface area contributed by atoms with Gasteiger partial charge in [-0.1, -0.05) is 0 Å². The largest absolute Gasteiger partial charge is 0.480 e. The summed E-state index contributed by atoms with van der Waals surface area (Å²) in [6, 6.07) is -4.43. The van der Waals surface area contributed by atoms with Crippen LogP contribution in [0.4, 0.5) is 0 Å². The summed E-state index contributed by atoms with van der Waals surface area (Å²) < 4.78 is 0. The van der Waals surface area contributed by atoms with E-state index < -0.39 is 135 Å². The number of carboxylic acid groups (broad SMARTS) is 1. The van der Waals surface area contributed by atoms with Crippen LogP contribution in [0, 0.1) is 0 Å². The Morgan fingerprint density at radius 1 is 0.467 bits per heavy atom. The Bertz CT molecular complexity index is 1190. The fraction of sp³-hybridized carbons (Fsp3) is 0.500. The minimum absolute atomic E-state index is 0.466. The van der Waals surface area contributed by atoms with Gasteiger partial charge in [0.15, 0.2) is 0 Å². The first kappa shape index (κ1) is 39.1. The van der Waals surface area contributed by atoms with Gasteiger partial charge in [-0.25, -0.2) is 0 Å². The molecule has 0 aromatic rings. The number of carbonyl (C=O) groups excluding carboxylic acids is 10. The summed E-state index contributed by atoms with van der Waals surface area (Å²) in [5, 5.41) is 23.1. The van der Waals surface area contributed by atoms with Gasteiger partial charge in [0.1, 0.15) is 18.6 Å². The molecule has 3 atom stereocenters. The molecule has 10 amide bonds. The second-order valence-corrected chi connectivity index (χ2v) is 8.96. The van der Waals surface area contributed by atoms with Gasteiger partial charge >= 0.3 is 5.97 Å². The van der Waals surface area contributed by atoms with E-state index in [1.165, 1.54) is 0 Å². The molecule has 0 bridgehead atoms. The van der Waals surface area contributed by atoms with Crippen molar-refractivity contribution in [1.29, 1.82) is 0 Å². The number of rotatable bonds is 21. The number of carboxylic acids is 1. The first-order valence-electron chi connectivity index (χ1n) is 12.7. The van der Waals surface area contributed by atoms with Gasteiger partial charge in [0.05, 0.1) is 51.5 Å². The second-order valence-electron chi connectivity index (χ2n) is 8.96. The van der Waals surface area contributed by atoms with Crippen molar-refractivity contribution >= 4 is 65.0 Å². The molecule has 0 unspecified atom stereocenters. The Hall–Kier alpha value is -5.87. The van der Waals surface area contributed by atoms with Crippen LogP contribution in [0.25, 0.3) is 0 Å². The zero-order chi connectivity index (χ0) is 34.7. The maximum Gasteiger partial charge on any atom is 0.322 e. The predicted molar refractivity (Wildman–Crippen MR) is 146 cm³/mol. The first-order chi connectivity index (χ1) is 20.9. The van der Waals surface area contributed by atoms with E-state index in [0.717, 1.165) is 0 Å². The van der Waals surface area contributed by atoms with Crippen LogP contribution < -0.4 is 60.2 Å². The zero-order valence-electron chi connectivity index (χ0n) is 23.6. The lowest BCUT2D eigenvalue weighted by Crippen LogP contribution is -2.53.